The molecule has 0 aliphatic heterocycles. The first kappa shape index (κ1) is 18.8. The van der Waals surface area contributed by atoms with E-state index in [0.717, 1.165) is 22.3 Å². The van der Waals surface area contributed by atoms with Crippen molar-refractivity contribution >= 4 is 22.3 Å². The van der Waals surface area contributed by atoms with E-state index in [-0.39, 0.29) is 0 Å². The molecule has 4 rings (SSSR count). The van der Waals surface area contributed by atoms with Gasteiger partial charge in [-0.3, -0.25) is 4.98 Å². The van der Waals surface area contributed by atoms with Crippen LogP contribution in [0.4, 0.5) is 11.4 Å². The summed E-state index contributed by atoms with van der Waals surface area (Å²) in [5.74, 6) is 1.04. The van der Waals surface area contributed by atoms with Crippen LogP contribution in [-0.2, 0) is 0 Å². The van der Waals surface area contributed by atoms with E-state index in [1.807, 2.05) is 37.4 Å². The van der Waals surface area contributed by atoms with E-state index >= 15 is 0 Å². The number of benzene rings is 2. The molecule has 2 heterocycles. The third kappa shape index (κ3) is 4.17. The van der Waals surface area contributed by atoms with Crippen LogP contribution in [0.5, 0.6) is 11.8 Å². The molecule has 2 N–H and O–H groups in total. The molecule has 6 nitrogen and oxygen atoms in total. The molecule has 2 aromatic heterocycles. The second-order valence-corrected chi connectivity index (χ2v) is 6.97. The lowest BCUT2D eigenvalue weighted by Gasteiger charge is -2.20. The standard InChI is InChI=1S/C23H23N5O/c1-16(13-24)17-3-5-19(6-4-17)28(2)20-7-9-21(10-8-20)29-23-26-14-18-11-12-25-15-22(18)27-23/h3-12,14-16H,13,24H2,1-2H3. The molecule has 0 saturated carbocycles. The van der Waals surface area contributed by atoms with Crippen LogP contribution in [0.15, 0.2) is 73.2 Å². The Morgan fingerprint density at radius 3 is 2.34 bits per heavy atom. The summed E-state index contributed by atoms with van der Waals surface area (Å²) < 4.78 is 5.80. The van der Waals surface area contributed by atoms with E-state index in [1.165, 1.54) is 5.56 Å². The lowest BCUT2D eigenvalue weighted by Crippen LogP contribution is -2.11. The average molecular weight is 385 g/mol. The Morgan fingerprint density at radius 2 is 1.66 bits per heavy atom. The zero-order valence-electron chi connectivity index (χ0n) is 16.5. The smallest absolute Gasteiger partial charge is 0.322 e. The van der Waals surface area contributed by atoms with Gasteiger partial charge in [-0.2, -0.15) is 4.98 Å². The fourth-order valence-electron chi connectivity index (χ4n) is 3.06. The van der Waals surface area contributed by atoms with E-state index in [4.69, 9.17) is 10.5 Å². The summed E-state index contributed by atoms with van der Waals surface area (Å²) in [4.78, 5) is 14.9. The molecule has 4 aromatic rings. The van der Waals surface area contributed by atoms with Gasteiger partial charge >= 0.3 is 6.01 Å². The normalized spacial score (nSPS) is 12.0. The Bertz CT molecular complexity index is 1100. The maximum atomic E-state index is 5.80. The van der Waals surface area contributed by atoms with Crippen molar-refractivity contribution in [3.05, 3.63) is 78.8 Å². The highest BCUT2D eigenvalue weighted by Gasteiger charge is 2.08. The lowest BCUT2D eigenvalue weighted by atomic mass is 10.0. The van der Waals surface area contributed by atoms with Crippen molar-refractivity contribution in [1.82, 2.24) is 15.0 Å². The number of pyridine rings is 1. The highest BCUT2D eigenvalue weighted by Crippen LogP contribution is 2.28. The number of ether oxygens (including phenoxy) is 1. The molecular formula is C23H23N5O. The minimum atomic E-state index is 0.302. The molecule has 0 aliphatic rings. The zero-order valence-corrected chi connectivity index (χ0v) is 16.5. The average Bonchev–Trinajstić information content (AvgIpc) is 2.78. The number of hydrogen-bond acceptors (Lipinski definition) is 6. The Morgan fingerprint density at radius 1 is 0.966 bits per heavy atom. The number of hydrogen-bond donors (Lipinski definition) is 1. The first-order valence-corrected chi connectivity index (χ1v) is 9.52. The van der Waals surface area contributed by atoms with Crippen LogP contribution in [0.1, 0.15) is 18.4 Å². The zero-order chi connectivity index (χ0) is 20.2. The molecule has 29 heavy (non-hydrogen) atoms. The van der Waals surface area contributed by atoms with E-state index < -0.39 is 0 Å². The second kappa shape index (κ2) is 8.24. The van der Waals surface area contributed by atoms with Gasteiger partial charge in [0.1, 0.15) is 5.75 Å². The van der Waals surface area contributed by atoms with Gasteiger partial charge in [-0.1, -0.05) is 19.1 Å². The van der Waals surface area contributed by atoms with E-state index in [2.05, 4.69) is 51.0 Å². The van der Waals surface area contributed by atoms with Gasteiger partial charge in [-0.05, 0) is 60.5 Å². The number of anilines is 2. The molecule has 146 valence electrons. The summed E-state index contributed by atoms with van der Waals surface area (Å²) in [5.41, 5.74) is 9.92. The van der Waals surface area contributed by atoms with Gasteiger partial charge in [-0.25, -0.2) is 4.98 Å². The number of nitrogens with zero attached hydrogens (tertiary/aromatic N) is 4. The first-order chi connectivity index (χ1) is 14.1. The summed E-state index contributed by atoms with van der Waals surface area (Å²) in [7, 11) is 2.04. The third-order valence-corrected chi connectivity index (χ3v) is 5.00. The summed E-state index contributed by atoms with van der Waals surface area (Å²) >= 11 is 0. The highest BCUT2D eigenvalue weighted by atomic mass is 16.5. The number of aromatic nitrogens is 3. The molecule has 0 fully saturated rings. The maximum Gasteiger partial charge on any atom is 0.322 e. The summed E-state index contributed by atoms with van der Waals surface area (Å²) in [6.07, 6.45) is 5.14. The third-order valence-electron chi connectivity index (χ3n) is 5.00. The van der Waals surface area contributed by atoms with Crippen molar-refractivity contribution in [2.45, 2.75) is 12.8 Å². The predicted octanol–water partition coefficient (Wildman–Crippen LogP) is 4.65. The summed E-state index contributed by atoms with van der Waals surface area (Å²) in [6.45, 7) is 2.78. The SMILES string of the molecule is CC(CN)c1ccc(N(C)c2ccc(Oc3ncc4ccncc4n3)cc2)cc1. The quantitative estimate of drug-likeness (QED) is 0.521. The minimum absolute atomic E-state index is 0.302. The molecule has 0 bridgehead atoms. The van der Waals surface area contributed by atoms with Crippen molar-refractivity contribution < 1.29 is 4.74 Å². The van der Waals surface area contributed by atoms with Gasteiger partial charge in [0, 0.05) is 36.2 Å². The molecule has 0 spiro atoms. The van der Waals surface area contributed by atoms with E-state index in [0.29, 0.717) is 24.2 Å². The van der Waals surface area contributed by atoms with Gasteiger partial charge in [-0.15, -0.1) is 0 Å². The predicted molar refractivity (Wildman–Crippen MR) is 116 cm³/mol. The van der Waals surface area contributed by atoms with Crippen molar-refractivity contribution in [3.63, 3.8) is 0 Å². The monoisotopic (exact) mass is 385 g/mol. The minimum Gasteiger partial charge on any atom is -0.424 e. The summed E-state index contributed by atoms with van der Waals surface area (Å²) in [5, 5.41) is 0.927. The van der Waals surface area contributed by atoms with E-state index in [9.17, 15) is 0 Å². The highest BCUT2D eigenvalue weighted by molar-refractivity contribution is 5.76. The first-order valence-electron chi connectivity index (χ1n) is 9.52. The van der Waals surface area contributed by atoms with Crippen molar-refractivity contribution in [2.75, 3.05) is 18.5 Å². The topological polar surface area (TPSA) is 77.2 Å². The van der Waals surface area contributed by atoms with Crippen LogP contribution in [0.2, 0.25) is 0 Å². The van der Waals surface area contributed by atoms with Gasteiger partial charge in [0.2, 0.25) is 0 Å². The molecule has 1 unspecified atom stereocenters. The second-order valence-electron chi connectivity index (χ2n) is 6.97. The van der Waals surface area contributed by atoms with Gasteiger partial charge < -0.3 is 15.4 Å². The van der Waals surface area contributed by atoms with Gasteiger partial charge in [0.05, 0.1) is 11.7 Å². The maximum absolute atomic E-state index is 5.80. The molecule has 6 heteroatoms. The summed E-state index contributed by atoms with van der Waals surface area (Å²) in [6, 6.07) is 18.5. The lowest BCUT2D eigenvalue weighted by molar-refractivity contribution is 0.444. The van der Waals surface area contributed by atoms with Crippen LogP contribution >= 0.6 is 0 Å². The molecule has 0 saturated heterocycles. The molecule has 0 aliphatic carbocycles. The number of fused-ring (bicyclic) bond motifs is 1. The molecule has 2 aromatic carbocycles. The molecule has 1 atom stereocenters. The van der Waals surface area contributed by atoms with Crippen molar-refractivity contribution in [1.29, 1.82) is 0 Å². The fraction of sp³-hybridized carbons (Fsp3) is 0.174. The van der Waals surface area contributed by atoms with Gasteiger partial charge in [0.25, 0.3) is 0 Å². The Hall–Kier alpha value is -3.51. The van der Waals surface area contributed by atoms with Crippen LogP contribution in [0, 0.1) is 0 Å². The Balaban J connectivity index is 1.47. The van der Waals surface area contributed by atoms with Gasteiger partial charge in [0.15, 0.2) is 0 Å². The molecule has 0 amide bonds. The van der Waals surface area contributed by atoms with Crippen molar-refractivity contribution in [3.8, 4) is 11.8 Å². The Labute approximate surface area is 170 Å². The van der Waals surface area contributed by atoms with Crippen molar-refractivity contribution in [2.24, 2.45) is 5.73 Å². The largest absolute Gasteiger partial charge is 0.424 e. The fourth-order valence-corrected chi connectivity index (χ4v) is 3.06. The van der Waals surface area contributed by atoms with Crippen LogP contribution in [0.3, 0.4) is 0 Å². The molecule has 0 radical (unpaired) electrons. The van der Waals surface area contributed by atoms with Crippen LogP contribution < -0.4 is 15.4 Å². The van der Waals surface area contributed by atoms with E-state index in [1.54, 1.807) is 18.6 Å². The van der Waals surface area contributed by atoms with Crippen LogP contribution in [0.25, 0.3) is 10.9 Å². The number of nitrogens with two attached hydrogens (primary N) is 1. The number of rotatable bonds is 6. The molecular weight excluding hydrogens is 362 g/mol. The Kier molecular flexibility index (Phi) is 5.35. The van der Waals surface area contributed by atoms with Crippen LogP contribution in [-0.4, -0.2) is 28.5 Å².